The van der Waals surface area contributed by atoms with Crippen LogP contribution in [0.1, 0.15) is 0 Å². The van der Waals surface area contributed by atoms with Crippen molar-refractivity contribution in [1.29, 1.82) is 0 Å². The fraction of sp³-hybridized carbons (Fsp3) is 0. The Kier molecular flexibility index (Phi) is 2.41. The highest BCUT2D eigenvalue weighted by molar-refractivity contribution is 5.97. The van der Waals surface area contributed by atoms with E-state index in [0.29, 0.717) is 22.3 Å². The summed E-state index contributed by atoms with van der Waals surface area (Å²) in [4.78, 5) is 4.28. The zero-order valence-corrected chi connectivity index (χ0v) is 11.0. The summed E-state index contributed by atoms with van der Waals surface area (Å²) in [6.45, 7) is 0. The number of nitrogens with two attached hydrogens (primary N) is 1. The second-order valence-electron chi connectivity index (χ2n) is 4.81. The molecule has 0 unspecified atom stereocenters. The van der Waals surface area contributed by atoms with Crippen LogP contribution in [0.5, 0.6) is 0 Å². The van der Waals surface area contributed by atoms with Crippen molar-refractivity contribution in [2.75, 3.05) is 5.73 Å². The standard InChI is InChI=1S/C16H11FN4/c17-12-8-13(18)11-5-3-7-19-15(11)16(12)21-14-6-2-1-4-10(14)9-20-21/h1-9H,18H2. The predicted octanol–water partition coefficient (Wildman–Crippen LogP) is 3.30. The molecule has 0 aliphatic heterocycles. The molecule has 0 aliphatic rings. The van der Waals surface area contributed by atoms with Gasteiger partial charge in [-0.2, -0.15) is 5.10 Å². The molecule has 0 spiro atoms. The molecule has 0 atom stereocenters. The van der Waals surface area contributed by atoms with Crippen LogP contribution in [0, 0.1) is 5.82 Å². The molecule has 2 heterocycles. The van der Waals surface area contributed by atoms with E-state index < -0.39 is 5.82 Å². The number of hydrogen-bond acceptors (Lipinski definition) is 3. The van der Waals surface area contributed by atoms with Crippen LogP contribution in [-0.2, 0) is 0 Å². The molecule has 0 bridgehead atoms. The largest absolute Gasteiger partial charge is 0.398 e. The first-order chi connectivity index (χ1) is 10.3. The number of halogens is 1. The highest BCUT2D eigenvalue weighted by Crippen LogP contribution is 2.30. The molecule has 102 valence electrons. The molecule has 0 fully saturated rings. The summed E-state index contributed by atoms with van der Waals surface area (Å²) in [5.41, 5.74) is 7.90. The van der Waals surface area contributed by atoms with Crippen molar-refractivity contribution in [1.82, 2.24) is 14.8 Å². The predicted molar refractivity (Wildman–Crippen MR) is 80.7 cm³/mol. The molecule has 21 heavy (non-hydrogen) atoms. The van der Waals surface area contributed by atoms with Gasteiger partial charge in [-0.3, -0.25) is 4.98 Å². The average molecular weight is 278 g/mol. The van der Waals surface area contributed by atoms with E-state index in [1.54, 1.807) is 23.1 Å². The quantitative estimate of drug-likeness (QED) is 0.543. The van der Waals surface area contributed by atoms with Crippen molar-refractivity contribution in [2.45, 2.75) is 0 Å². The Morgan fingerprint density at radius 1 is 1.10 bits per heavy atom. The van der Waals surface area contributed by atoms with Crippen LogP contribution in [0.15, 0.2) is 54.9 Å². The second-order valence-corrected chi connectivity index (χ2v) is 4.81. The Bertz CT molecular complexity index is 975. The van der Waals surface area contributed by atoms with Crippen molar-refractivity contribution in [3.63, 3.8) is 0 Å². The molecule has 0 saturated heterocycles. The van der Waals surface area contributed by atoms with Gasteiger partial charge in [0.1, 0.15) is 11.2 Å². The fourth-order valence-corrected chi connectivity index (χ4v) is 2.57. The monoisotopic (exact) mass is 278 g/mol. The molecular weight excluding hydrogens is 267 g/mol. The number of anilines is 1. The smallest absolute Gasteiger partial charge is 0.153 e. The number of fused-ring (bicyclic) bond motifs is 2. The lowest BCUT2D eigenvalue weighted by molar-refractivity contribution is 0.616. The number of nitrogens with zero attached hydrogens (tertiary/aromatic N) is 3. The van der Waals surface area contributed by atoms with Gasteiger partial charge in [0, 0.05) is 22.7 Å². The Hall–Kier alpha value is -2.95. The van der Waals surface area contributed by atoms with Crippen molar-refractivity contribution in [3.05, 3.63) is 60.7 Å². The SMILES string of the molecule is Nc1cc(F)c(-n2ncc3ccccc32)c2ncccc12. The highest BCUT2D eigenvalue weighted by atomic mass is 19.1. The zero-order valence-electron chi connectivity index (χ0n) is 11.0. The number of pyridine rings is 1. The molecule has 0 aliphatic carbocycles. The maximum Gasteiger partial charge on any atom is 0.153 e. The van der Waals surface area contributed by atoms with Gasteiger partial charge in [-0.1, -0.05) is 18.2 Å². The van der Waals surface area contributed by atoms with E-state index in [1.807, 2.05) is 30.3 Å². The van der Waals surface area contributed by atoms with Crippen LogP contribution in [0.4, 0.5) is 10.1 Å². The van der Waals surface area contributed by atoms with E-state index in [2.05, 4.69) is 10.1 Å². The number of nitrogen functional groups attached to an aromatic ring is 1. The molecule has 2 aromatic heterocycles. The van der Waals surface area contributed by atoms with Gasteiger partial charge < -0.3 is 5.73 Å². The minimum absolute atomic E-state index is 0.320. The molecule has 0 amide bonds. The third kappa shape index (κ3) is 1.67. The number of benzene rings is 2. The van der Waals surface area contributed by atoms with Gasteiger partial charge in [0.05, 0.1) is 11.7 Å². The third-order valence-corrected chi connectivity index (χ3v) is 3.54. The van der Waals surface area contributed by atoms with E-state index in [1.165, 1.54) is 6.07 Å². The maximum atomic E-state index is 14.5. The Morgan fingerprint density at radius 2 is 1.95 bits per heavy atom. The van der Waals surface area contributed by atoms with Gasteiger partial charge in [0.15, 0.2) is 5.82 Å². The topological polar surface area (TPSA) is 56.7 Å². The van der Waals surface area contributed by atoms with Crippen LogP contribution in [0.2, 0.25) is 0 Å². The summed E-state index contributed by atoms with van der Waals surface area (Å²) >= 11 is 0. The zero-order chi connectivity index (χ0) is 14.4. The van der Waals surface area contributed by atoms with E-state index in [4.69, 9.17) is 5.73 Å². The van der Waals surface area contributed by atoms with Crippen LogP contribution in [-0.4, -0.2) is 14.8 Å². The molecule has 2 aromatic carbocycles. The molecule has 4 nitrogen and oxygen atoms in total. The summed E-state index contributed by atoms with van der Waals surface area (Å²) < 4.78 is 16.1. The summed E-state index contributed by atoms with van der Waals surface area (Å²) in [5.74, 6) is -0.437. The Labute approximate surface area is 119 Å². The average Bonchev–Trinajstić information content (AvgIpc) is 2.92. The lowest BCUT2D eigenvalue weighted by atomic mass is 10.1. The molecule has 5 heteroatoms. The number of hydrogen-bond donors (Lipinski definition) is 1. The minimum Gasteiger partial charge on any atom is -0.398 e. The van der Waals surface area contributed by atoms with Gasteiger partial charge in [0.2, 0.25) is 0 Å². The van der Waals surface area contributed by atoms with Crippen molar-refractivity contribution < 1.29 is 4.39 Å². The van der Waals surface area contributed by atoms with Gasteiger partial charge in [0.25, 0.3) is 0 Å². The fourth-order valence-electron chi connectivity index (χ4n) is 2.57. The van der Waals surface area contributed by atoms with Gasteiger partial charge in [-0.15, -0.1) is 0 Å². The molecule has 0 saturated carbocycles. The first-order valence-electron chi connectivity index (χ1n) is 6.51. The number of para-hydroxylation sites is 1. The van der Waals surface area contributed by atoms with E-state index in [-0.39, 0.29) is 0 Å². The minimum atomic E-state index is -0.437. The first kappa shape index (κ1) is 11.8. The third-order valence-electron chi connectivity index (χ3n) is 3.54. The van der Waals surface area contributed by atoms with E-state index in [0.717, 1.165) is 10.9 Å². The molecule has 2 N–H and O–H groups in total. The Balaban J connectivity index is 2.16. The van der Waals surface area contributed by atoms with Gasteiger partial charge >= 0.3 is 0 Å². The maximum absolute atomic E-state index is 14.5. The lowest BCUT2D eigenvalue weighted by Gasteiger charge is -2.10. The van der Waals surface area contributed by atoms with Crippen LogP contribution in [0.3, 0.4) is 0 Å². The number of aromatic nitrogens is 3. The lowest BCUT2D eigenvalue weighted by Crippen LogP contribution is -2.03. The summed E-state index contributed by atoms with van der Waals surface area (Å²) in [7, 11) is 0. The second kappa shape index (κ2) is 4.28. The van der Waals surface area contributed by atoms with Crippen molar-refractivity contribution in [3.8, 4) is 5.69 Å². The summed E-state index contributed by atoms with van der Waals surface area (Å²) in [5, 5.41) is 5.96. The molecule has 4 rings (SSSR count). The van der Waals surface area contributed by atoms with Crippen molar-refractivity contribution >= 4 is 27.5 Å². The highest BCUT2D eigenvalue weighted by Gasteiger charge is 2.16. The molecular formula is C16H11FN4. The Morgan fingerprint density at radius 3 is 2.86 bits per heavy atom. The number of rotatable bonds is 1. The first-order valence-corrected chi connectivity index (χ1v) is 6.51. The normalized spacial score (nSPS) is 11.3. The van der Waals surface area contributed by atoms with Crippen LogP contribution < -0.4 is 5.73 Å². The van der Waals surface area contributed by atoms with E-state index >= 15 is 0 Å². The van der Waals surface area contributed by atoms with Gasteiger partial charge in [-0.25, -0.2) is 9.07 Å². The van der Waals surface area contributed by atoms with Gasteiger partial charge in [-0.05, 0) is 24.3 Å². The van der Waals surface area contributed by atoms with E-state index in [9.17, 15) is 4.39 Å². The summed E-state index contributed by atoms with van der Waals surface area (Å²) in [6.07, 6.45) is 3.33. The molecule has 4 aromatic rings. The molecule has 0 radical (unpaired) electrons. The summed E-state index contributed by atoms with van der Waals surface area (Å²) in [6, 6.07) is 12.6. The van der Waals surface area contributed by atoms with Crippen LogP contribution >= 0.6 is 0 Å². The van der Waals surface area contributed by atoms with Crippen molar-refractivity contribution in [2.24, 2.45) is 0 Å². The van der Waals surface area contributed by atoms with Crippen LogP contribution in [0.25, 0.3) is 27.5 Å².